The lowest BCUT2D eigenvalue weighted by Crippen LogP contribution is -2.23. The summed E-state index contributed by atoms with van der Waals surface area (Å²) >= 11 is 1.99. The van der Waals surface area contributed by atoms with Crippen molar-refractivity contribution < 1.29 is 0 Å². The van der Waals surface area contributed by atoms with Crippen LogP contribution in [0.1, 0.15) is 11.4 Å². The quantitative estimate of drug-likeness (QED) is 0.770. The SMILES string of the molecule is Cc1cc(Cn2cncc(I)c2=O)n(C)n1. The lowest BCUT2D eigenvalue weighted by molar-refractivity contribution is 0.641. The molecule has 0 amide bonds. The molecule has 0 spiro atoms. The summed E-state index contributed by atoms with van der Waals surface area (Å²) in [6.07, 6.45) is 3.11. The molecule has 0 atom stereocenters. The third-order valence-electron chi connectivity index (χ3n) is 2.29. The molecule has 0 aliphatic carbocycles. The van der Waals surface area contributed by atoms with Gasteiger partial charge in [-0.1, -0.05) is 0 Å². The first-order valence-corrected chi connectivity index (χ1v) is 5.85. The molecule has 0 fully saturated rings. The van der Waals surface area contributed by atoms with Crippen molar-refractivity contribution in [1.29, 1.82) is 0 Å². The normalized spacial score (nSPS) is 10.7. The standard InChI is InChI=1S/C10H11IN4O/c1-7-3-8(14(2)13-7)5-15-6-12-4-9(11)10(15)16/h3-4,6H,5H2,1-2H3. The molecule has 0 saturated heterocycles. The summed E-state index contributed by atoms with van der Waals surface area (Å²) in [5.41, 5.74) is 1.92. The summed E-state index contributed by atoms with van der Waals surface area (Å²) < 4.78 is 3.99. The van der Waals surface area contributed by atoms with Crippen LogP contribution in [-0.4, -0.2) is 19.3 Å². The number of aromatic nitrogens is 4. The molecule has 0 unspecified atom stereocenters. The van der Waals surface area contributed by atoms with Crippen LogP contribution in [0.4, 0.5) is 0 Å². The fourth-order valence-electron chi connectivity index (χ4n) is 1.52. The molecule has 0 saturated carbocycles. The van der Waals surface area contributed by atoms with Gasteiger partial charge in [0.05, 0.1) is 27.8 Å². The highest BCUT2D eigenvalue weighted by Gasteiger charge is 2.05. The van der Waals surface area contributed by atoms with Gasteiger partial charge in [0.1, 0.15) is 0 Å². The fourth-order valence-corrected chi connectivity index (χ4v) is 1.99. The van der Waals surface area contributed by atoms with Crippen LogP contribution in [0.15, 0.2) is 23.4 Å². The second-order valence-corrected chi connectivity index (χ2v) is 4.74. The third kappa shape index (κ3) is 2.16. The highest BCUT2D eigenvalue weighted by atomic mass is 127. The number of nitrogens with zero attached hydrogens (tertiary/aromatic N) is 4. The van der Waals surface area contributed by atoms with Crippen molar-refractivity contribution in [2.75, 3.05) is 0 Å². The summed E-state index contributed by atoms with van der Waals surface area (Å²) in [6.45, 7) is 2.43. The molecule has 0 aromatic carbocycles. The highest BCUT2D eigenvalue weighted by molar-refractivity contribution is 14.1. The van der Waals surface area contributed by atoms with Gasteiger partial charge in [0, 0.05) is 13.2 Å². The second kappa shape index (κ2) is 4.36. The Balaban J connectivity index is 2.38. The van der Waals surface area contributed by atoms with E-state index in [1.165, 1.54) is 0 Å². The van der Waals surface area contributed by atoms with E-state index < -0.39 is 0 Å². The van der Waals surface area contributed by atoms with Crippen molar-refractivity contribution in [1.82, 2.24) is 19.3 Å². The van der Waals surface area contributed by atoms with Crippen molar-refractivity contribution >= 4 is 22.6 Å². The van der Waals surface area contributed by atoms with E-state index in [1.807, 2.05) is 42.6 Å². The van der Waals surface area contributed by atoms with Crippen molar-refractivity contribution in [3.8, 4) is 0 Å². The number of aryl methyl sites for hydroxylation is 2. The predicted octanol–water partition coefficient (Wildman–Crippen LogP) is 0.938. The van der Waals surface area contributed by atoms with Crippen LogP contribution in [0.3, 0.4) is 0 Å². The Hall–Kier alpha value is -1.18. The number of rotatable bonds is 2. The van der Waals surface area contributed by atoms with Crippen molar-refractivity contribution in [2.45, 2.75) is 13.5 Å². The van der Waals surface area contributed by atoms with E-state index >= 15 is 0 Å². The first-order chi connectivity index (χ1) is 7.58. The molecule has 16 heavy (non-hydrogen) atoms. The molecule has 0 radical (unpaired) electrons. The molecule has 2 heterocycles. The Morgan fingerprint density at radius 2 is 2.25 bits per heavy atom. The van der Waals surface area contributed by atoms with Crippen LogP contribution in [0, 0.1) is 10.5 Å². The first-order valence-electron chi connectivity index (χ1n) is 4.77. The number of hydrogen-bond acceptors (Lipinski definition) is 3. The Labute approximate surface area is 106 Å². The van der Waals surface area contributed by atoms with Crippen molar-refractivity contribution in [3.05, 3.63) is 43.9 Å². The zero-order chi connectivity index (χ0) is 11.7. The van der Waals surface area contributed by atoms with E-state index in [4.69, 9.17) is 0 Å². The van der Waals surface area contributed by atoms with Gasteiger partial charge in [-0.05, 0) is 35.6 Å². The summed E-state index contributed by atoms with van der Waals surface area (Å²) in [7, 11) is 1.87. The second-order valence-electron chi connectivity index (χ2n) is 3.58. The zero-order valence-electron chi connectivity index (χ0n) is 9.01. The monoisotopic (exact) mass is 330 g/mol. The number of hydrogen-bond donors (Lipinski definition) is 0. The van der Waals surface area contributed by atoms with Crippen LogP contribution in [-0.2, 0) is 13.6 Å². The van der Waals surface area contributed by atoms with E-state index in [0.29, 0.717) is 10.1 Å². The smallest absolute Gasteiger partial charge is 0.267 e. The van der Waals surface area contributed by atoms with Gasteiger partial charge in [0.2, 0.25) is 0 Å². The molecule has 0 bridgehead atoms. The average molecular weight is 330 g/mol. The summed E-state index contributed by atoms with van der Waals surface area (Å²) in [6, 6.07) is 1.96. The Morgan fingerprint density at radius 3 is 2.88 bits per heavy atom. The van der Waals surface area contributed by atoms with E-state index in [-0.39, 0.29) is 5.56 Å². The molecule has 84 valence electrons. The van der Waals surface area contributed by atoms with Crippen molar-refractivity contribution in [3.63, 3.8) is 0 Å². The molecule has 0 N–H and O–H groups in total. The van der Waals surface area contributed by atoms with Gasteiger partial charge in [-0.25, -0.2) is 4.98 Å². The van der Waals surface area contributed by atoms with Crippen LogP contribution in [0.2, 0.25) is 0 Å². The third-order valence-corrected chi connectivity index (χ3v) is 3.03. The maximum Gasteiger partial charge on any atom is 0.267 e. The fraction of sp³-hybridized carbons (Fsp3) is 0.300. The average Bonchev–Trinajstić information content (AvgIpc) is 2.53. The lowest BCUT2D eigenvalue weighted by atomic mass is 10.3. The maximum absolute atomic E-state index is 11.8. The Bertz CT molecular complexity index is 572. The molecular formula is C10H11IN4O. The summed E-state index contributed by atoms with van der Waals surface area (Å²) in [4.78, 5) is 15.8. The minimum Gasteiger partial charge on any atom is -0.292 e. The molecule has 2 aromatic heterocycles. The van der Waals surface area contributed by atoms with Crippen molar-refractivity contribution in [2.24, 2.45) is 7.05 Å². The molecule has 0 aliphatic heterocycles. The minimum atomic E-state index is -0.0190. The van der Waals surface area contributed by atoms with Gasteiger partial charge in [-0.3, -0.25) is 14.0 Å². The van der Waals surface area contributed by atoms with Gasteiger partial charge in [0.25, 0.3) is 5.56 Å². The Kier molecular flexibility index (Phi) is 3.08. The largest absolute Gasteiger partial charge is 0.292 e. The van der Waals surface area contributed by atoms with Gasteiger partial charge < -0.3 is 0 Å². The highest BCUT2D eigenvalue weighted by Crippen LogP contribution is 2.03. The zero-order valence-corrected chi connectivity index (χ0v) is 11.2. The molecule has 6 heteroatoms. The predicted molar refractivity (Wildman–Crippen MR) is 68.3 cm³/mol. The molecular weight excluding hydrogens is 319 g/mol. The van der Waals surface area contributed by atoms with Gasteiger partial charge in [0.15, 0.2) is 0 Å². The molecule has 2 rings (SSSR count). The van der Waals surface area contributed by atoms with Crippen LogP contribution < -0.4 is 5.56 Å². The number of halogens is 1. The van der Waals surface area contributed by atoms with Crippen LogP contribution in [0.5, 0.6) is 0 Å². The molecule has 2 aromatic rings. The van der Waals surface area contributed by atoms with E-state index in [1.54, 1.807) is 21.8 Å². The van der Waals surface area contributed by atoms with E-state index in [2.05, 4.69) is 10.1 Å². The minimum absolute atomic E-state index is 0.0190. The topological polar surface area (TPSA) is 52.7 Å². The van der Waals surface area contributed by atoms with Crippen LogP contribution >= 0.6 is 22.6 Å². The summed E-state index contributed by atoms with van der Waals surface area (Å²) in [5, 5.41) is 4.24. The lowest BCUT2D eigenvalue weighted by Gasteiger charge is -2.05. The van der Waals surface area contributed by atoms with E-state index in [0.717, 1.165) is 11.4 Å². The van der Waals surface area contributed by atoms with Gasteiger partial charge >= 0.3 is 0 Å². The first kappa shape index (κ1) is 11.3. The molecule has 0 aliphatic rings. The van der Waals surface area contributed by atoms with Crippen LogP contribution in [0.25, 0.3) is 0 Å². The Morgan fingerprint density at radius 1 is 1.50 bits per heavy atom. The summed E-state index contributed by atoms with van der Waals surface area (Å²) in [5.74, 6) is 0. The molecule has 5 nitrogen and oxygen atoms in total. The van der Waals surface area contributed by atoms with Gasteiger partial charge in [-0.15, -0.1) is 0 Å². The van der Waals surface area contributed by atoms with E-state index in [9.17, 15) is 4.79 Å². The van der Waals surface area contributed by atoms with Gasteiger partial charge in [-0.2, -0.15) is 5.10 Å². The maximum atomic E-state index is 11.8.